The lowest BCUT2D eigenvalue weighted by Crippen LogP contribution is -2.19. The van der Waals surface area contributed by atoms with Crippen molar-refractivity contribution in [3.05, 3.63) is 35.7 Å². The number of aromatic amines is 1. The van der Waals surface area contributed by atoms with E-state index in [9.17, 15) is 0 Å². The van der Waals surface area contributed by atoms with Crippen LogP contribution in [-0.4, -0.2) is 19.7 Å². The lowest BCUT2D eigenvalue weighted by molar-refractivity contribution is 0.549. The van der Waals surface area contributed by atoms with Crippen LogP contribution in [0.4, 0.5) is 0 Å². The number of H-pyrrole nitrogens is 1. The summed E-state index contributed by atoms with van der Waals surface area (Å²) in [5, 5.41) is 7.71. The highest BCUT2D eigenvalue weighted by molar-refractivity contribution is 5.15. The summed E-state index contributed by atoms with van der Waals surface area (Å²) in [6.45, 7) is 4.92. The molecule has 5 nitrogen and oxygen atoms in total. The molecule has 0 radical (unpaired) electrons. The maximum Gasteiger partial charge on any atom is 0.122 e. The largest absolute Gasteiger partial charge is 0.347 e. The lowest BCUT2D eigenvalue weighted by Gasteiger charge is -2.10. The minimum absolute atomic E-state index is 0.217. The summed E-state index contributed by atoms with van der Waals surface area (Å²) in [5.74, 6) is 0.960. The number of hydrogen-bond acceptors (Lipinski definition) is 3. The Kier molecular flexibility index (Phi) is 3.05. The van der Waals surface area contributed by atoms with Gasteiger partial charge in [0, 0.05) is 37.7 Å². The molecular weight excluding hydrogens is 202 g/mol. The Labute approximate surface area is 94.9 Å². The zero-order valence-electron chi connectivity index (χ0n) is 9.86. The van der Waals surface area contributed by atoms with Gasteiger partial charge in [0.25, 0.3) is 0 Å². The van der Waals surface area contributed by atoms with Crippen LogP contribution in [0.15, 0.2) is 18.6 Å². The van der Waals surface area contributed by atoms with Crippen molar-refractivity contribution in [2.45, 2.75) is 26.4 Å². The lowest BCUT2D eigenvalue weighted by atomic mass is 10.2. The summed E-state index contributed by atoms with van der Waals surface area (Å²) in [5.41, 5.74) is 2.29. The van der Waals surface area contributed by atoms with Crippen molar-refractivity contribution < 1.29 is 0 Å². The number of aryl methyl sites for hydroxylation is 2. The molecule has 5 heteroatoms. The van der Waals surface area contributed by atoms with E-state index >= 15 is 0 Å². The molecule has 0 saturated carbocycles. The number of aromatic nitrogens is 4. The standard InChI is InChI=1S/C11H17N5/c1-8-10(7-16(3)15-8)6-14-9(2)11-12-4-5-13-11/h4-5,7,9,14H,6H2,1-3H3,(H,12,13). The fourth-order valence-electron chi connectivity index (χ4n) is 1.70. The number of hydrogen-bond donors (Lipinski definition) is 2. The summed E-state index contributed by atoms with van der Waals surface area (Å²) >= 11 is 0. The summed E-state index contributed by atoms with van der Waals surface area (Å²) < 4.78 is 1.84. The highest BCUT2D eigenvalue weighted by Gasteiger charge is 2.08. The van der Waals surface area contributed by atoms with Crippen molar-refractivity contribution in [3.8, 4) is 0 Å². The summed E-state index contributed by atoms with van der Waals surface area (Å²) in [7, 11) is 1.94. The molecule has 0 aliphatic carbocycles. The van der Waals surface area contributed by atoms with Crippen molar-refractivity contribution in [1.82, 2.24) is 25.1 Å². The molecule has 0 aliphatic rings. The highest BCUT2D eigenvalue weighted by atomic mass is 15.3. The molecule has 0 amide bonds. The van der Waals surface area contributed by atoms with Gasteiger partial charge in [-0.25, -0.2) is 4.98 Å². The average molecular weight is 219 g/mol. The van der Waals surface area contributed by atoms with Gasteiger partial charge in [0.1, 0.15) is 5.82 Å². The molecule has 0 aliphatic heterocycles. The molecule has 0 spiro atoms. The molecule has 0 aromatic carbocycles. The highest BCUT2D eigenvalue weighted by Crippen LogP contribution is 2.09. The van der Waals surface area contributed by atoms with Gasteiger partial charge in [-0.15, -0.1) is 0 Å². The summed E-state index contributed by atoms with van der Waals surface area (Å²) in [6, 6.07) is 0.217. The number of nitrogens with zero attached hydrogens (tertiary/aromatic N) is 3. The first-order chi connectivity index (χ1) is 7.66. The van der Waals surface area contributed by atoms with Gasteiger partial charge in [-0.05, 0) is 13.8 Å². The Morgan fingerprint density at radius 2 is 2.38 bits per heavy atom. The van der Waals surface area contributed by atoms with Crippen molar-refractivity contribution in [1.29, 1.82) is 0 Å². The number of nitrogens with one attached hydrogen (secondary N) is 2. The molecule has 1 atom stereocenters. The first-order valence-electron chi connectivity index (χ1n) is 5.38. The molecule has 2 N–H and O–H groups in total. The van der Waals surface area contributed by atoms with E-state index in [2.05, 4.69) is 27.3 Å². The first-order valence-corrected chi connectivity index (χ1v) is 5.38. The number of imidazole rings is 1. The molecule has 86 valence electrons. The third-order valence-electron chi connectivity index (χ3n) is 2.64. The average Bonchev–Trinajstić information content (AvgIpc) is 2.84. The van der Waals surface area contributed by atoms with Crippen LogP contribution in [0.3, 0.4) is 0 Å². The van der Waals surface area contributed by atoms with E-state index in [1.165, 1.54) is 5.56 Å². The fraction of sp³-hybridized carbons (Fsp3) is 0.455. The van der Waals surface area contributed by atoms with Crippen LogP contribution in [0.2, 0.25) is 0 Å². The Balaban J connectivity index is 1.95. The molecule has 0 saturated heterocycles. The minimum Gasteiger partial charge on any atom is -0.347 e. The van der Waals surface area contributed by atoms with E-state index < -0.39 is 0 Å². The van der Waals surface area contributed by atoms with Crippen molar-refractivity contribution in [2.75, 3.05) is 0 Å². The Morgan fingerprint density at radius 1 is 1.56 bits per heavy atom. The van der Waals surface area contributed by atoms with Gasteiger partial charge >= 0.3 is 0 Å². The van der Waals surface area contributed by atoms with Crippen molar-refractivity contribution in [3.63, 3.8) is 0 Å². The van der Waals surface area contributed by atoms with Gasteiger partial charge in [0.2, 0.25) is 0 Å². The zero-order chi connectivity index (χ0) is 11.5. The topological polar surface area (TPSA) is 58.5 Å². The summed E-state index contributed by atoms with van der Waals surface area (Å²) in [6.07, 6.45) is 5.64. The Morgan fingerprint density at radius 3 is 2.94 bits per heavy atom. The molecule has 2 heterocycles. The number of rotatable bonds is 4. The molecule has 1 unspecified atom stereocenters. The second-order valence-electron chi connectivity index (χ2n) is 3.99. The van der Waals surface area contributed by atoms with E-state index in [0.717, 1.165) is 18.1 Å². The Bertz CT molecular complexity index is 443. The smallest absolute Gasteiger partial charge is 0.122 e. The molecule has 0 fully saturated rings. The third-order valence-corrected chi connectivity index (χ3v) is 2.64. The van der Waals surface area contributed by atoms with Gasteiger partial charge in [0.05, 0.1) is 11.7 Å². The Hall–Kier alpha value is -1.62. The third kappa shape index (κ3) is 2.30. The van der Waals surface area contributed by atoms with E-state index in [1.807, 2.05) is 31.0 Å². The predicted octanol–water partition coefficient (Wildman–Crippen LogP) is 1.30. The van der Waals surface area contributed by atoms with Gasteiger partial charge in [0.15, 0.2) is 0 Å². The van der Waals surface area contributed by atoms with E-state index in [1.54, 1.807) is 6.20 Å². The first kappa shape index (κ1) is 10.9. The van der Waals surface area contributed by atoms with Crippen LogP contribution in [-0.2, 0) is 13.6 Å². The zero-order valence-corrected chi connectivity index (χ0v) is 9.86. The molecular formula is C11H17N5. The second kappa shape index (κ2) is 4.49. The SMILES string of the molecule is Cc1nn(C)cc1CNC(C)c1ncc[nH]1. The quantitative estimate of drug-likeness (QED) is 0.815. The van der Waals surface area contributed by atoms with Gasteiger partial charge in [-0.1, -0.05) is 0 Å². The molecule has 2 rings (SSSR count). The van der Waals surface area contributed by atoms with E-state index in [-0.39, 0.29) is 6.04 Å². The van der Waals surface area contributed by atoms with Crippen molar-refractivity contribution >= 4 is 0 Å². The van der Waals surface area contributed by atoms with Crippen LogP contribution in [0.5, 0.6) is 0 Å². The van der Waals surface area contributed by atoms with Crippen LogP contribution in [0.25, 0.3) is 0 Å². The molecule has 2 aromatic heterocycles. The fourth-order valence-corrected chi connectivity index (χ4v) is 1.70. The maximum absolute atomic E-state index is 4.30. The van der Waals surface area contributed by atoms with E-state index in [4.69, 9.17) is 0 Å². The predicted molar refractivity (Wildman–Crippen MR) is 61.8 cm³/mol. The van der Waals surface area contributed by atoms with Crippen LogP contribution in [0.1, 0.15) is 30.0 Å². The minimum atomic E-state index is 0.217. The molecule has 16 heavy (non-hydrogen) atoms. The van der Waals surface area contributed by atoms with Crippen LogP contribution in [0, 0.1) is 6.92 Å². The van der Waals surface area contributed by atoms with E-state index in [0.29, 0.717) is 0 Å². The molecule has 0 bridgehead atoms. The summed E-state index contributed by atoms with van der Waals surface area (Å²) in [4.78, 5) is 7.32. The van der Waals surface area contributed by atoms with Crippen LogP contribution < -0.4 is 5.32 Å². The van der Waals surface area contributed by atoms with Crippen molar-refractivity contribution in [2.24, 2.45) is 7.05 Å². The van der Waals surface area contributed by atoms with Gasteiger partial charge < -0.3 is 10.3 Å². The van der Waals surface area contributed by atoms with Gasteiger partial charge in [-0.2, -0.15) is 5.10 Å². The monoisotopic (exact) mass is 219 g/mol. The second-order valence-corrected chi connectivity index (χ2v) is 3.99. The molecule has 2 aromatic rings. The van der Waals surface area contributed by atoms with Crippen LogP contribution >= 0.6 is 0 Å². The maximum atomic E-state index is 4.30. The normalized spacial score (nSPS) is 12.9. The van der Waals surface area contributed by atoms with Gasteiger partial charge in [-0.3, -0.25) is 4.68 Å².